The van der Waals surface area contributed by atoms with Gasteiger partial charge in [0.05, 0.1) is 6.04 Å². The Labute approximate surface area is 110 Å². The second kappa shape index (κ2) is 5.51. The molecule has 1 rings (SSSR count). The van der Waals surface area contributed by atoms with Crippen LogP contribution in [-0.4, -0.2) is 23.5 Å². The Balaban J connectivity index is 3.02. The van der Waals surface area contributed by atoms with E-state index < -0.39 is 0 Å². The van der Waals surface area contributed by atoms with Gasteiger partial charge in [-0.1, -0.05) is 6.92 Å². The van der Waals surface area contributed by atoms with Gasteiger partial charge in [-0.3, -0.25) is 4.90 Å². The third-order valence-electron chi connectivity index (χ3n) is 3.79. The molecule has 0 aliphatic heterocycles. The zero-order valence-electron chi connectivity index (χ0n) is 11.9. The third kappa shape index (κ3) is 3.30. The van der Waals surface area contributed by atoms with Crippen LogP contribution in [0.5, 0.6) is 0 Å². The van der Waals surface area contributed by atoms with Gasteiger partial charge in [0, 0.05) is 21.3 Å². The molecule has 17 heavy (non-hydrogen) atoms. The topological polar surface area (TPSA) is 29.3 Å². The molecule has 0 radical (unpaired) electrons. The minimum absolute atomic E-state index is 0.142. The second-order valence-electron chi connectivity index (χ2n) is 5.53. The third-order valence-corrected chi connectivity index (χ3v) is 4.86. The first kappa shape index (κ1) is 14.7. The minimum Gasteiger partial charge on any atom is -0.326 e. The van der Waals surface area contributed by atoms with E-state index in [0.717, 1.165) is 6.42 Å². The summed E-state index contributed by atoms with van der Waals surface area (Å²) in [5, 5.41) is 0. The van der Waals surface area contributed by atoms with E-state index in [4.69, 9.17) is 5.73 Å². The Morgan fingerprint density at radius 1 is 1.41 bits per heavy atom. The van der Waals surface area contributed by atoms with Crippen molar-refractivity contribution in [2.75, 3.05) is 7.05 Å². The number of rotatable bonds is 5. The Hall–Kier alpha value is -0.380. The van der Waals surface area contributed by atoms with Crippen LogP contribution >= 0.6 is 11.3 Å². The van der Waals surface area contributed by atoms with Crippen molar-refractivity contribution in [3.05, 3.63) is 21.9 Å². The van der Waals surface area contributed by atoms with E-state index in [2.05, 4.69) is 58.7 Å². The van der Waals surface area contributed by atoms with Crippen LogP contribution in [0.25, 0.3) is 0 Å². The molecule has 0 aliphatic rings. The highest BCUT2D eigenvalue weighted by atomic mass is 32.1. The minimum atomic E-state index is 0.142. The summed E-state index contributed by atoms with van der Waals surface area (Å²) in [5.41, 5.74) is 6.37. The van der Waals surface area contributed by atoms with Gasteiger partial charge < -0.3 is 5.73 Å². The predicted molar refractivity (Wildman–Crippen MR) is 77.6 cm³/mol. The fourth-order valence-electron chi connectivity index (χ4n) is 2.04. The molecule has 0 aromatic carbocycles. The maximum Gasteiger partial charge on any atom is 0.0592 e. The fourth-order valence-corrected chi connectivity index (χ4v) is 3.18. The van der Waals surface area contributed by atoms with Crippen molar-refractivity contribution in [2.45, 2.75) is 58.7 Å². The number of likely N-dealkylation sites (N-methyl/N-ethyl adjacent to an activating group) is 1. The van der Waals surface area contributed by atoms with Crippen LogP contribution in [-0.2, 0) is 0 Å². The normalized spacial score (nSPS) is 16.2. The lowest BCUT2D eigenvalue weighted by Crippen LogP contribution is -2.47. The quantitative estimate of drug-likeness (QED) is 0.870. The van der Waals surface area contributed by atoms with E-state index in [1.54, 1.807) is 0 Å². The second-order valence-corrected chi connectivity index (χ2v) is 6.85. The number of nitrogens with two attached hydrogens (primary N) is 1. The van der Waals surface area contributed by atoms with E-state index in [0.29, 0.717) is 6.04 Å². The van der Waals surface area contributed by atoms with E-state index in [1.807, 2.05) is 11.3 Å². The molecule has 0 bridgehead atoms. The number of nitrogens with zero attached hydrogens (tertiary/aromatic N) is 1. The number of thiophene rings is 1. The van der Waals surface area contributed by atoms with Crippen LogP contribution in [0.3, 0.4) is 0 Å². The molecule has 1 aromatic rings. The summed E-state index contributed by atoms with van der Waals surface area (Å²) < 4.78 is 0. The van der Waals surface area contributed by atoms with Gasteiger partial charge in [0.25, 0.3) is 0 Å². The Kier molecular flexibility index (Phi) is 4.76. The van der Waals surface area contributed by atoms with Gasteiger partial charge in [-0.15, -0.1) is 11.3 Å². The van der Waals surface area contributed by atoms with Crippen molar-refractivity contribution >= 4 is 11.3 Å². The molecule has 2 unspecified atom stereocenters. The lowest BCUT2D eigenvalue weighted by atomic mass is 9.95. The van der Waals surface area contributed by atoms with Crippen LogP contribution in [0, 0.1) is 6.92 Å². The SMILES string of the molecule is CCC(C)(C)N(C)C(c1ccc(C)s1)C(C)N. The van der Waals surface area contributed by atoms with Crippen molar-refractivity contribution in [1.29, 1.82) is 0 Å². The molecule has 0 saturated carbocycles. The van der Waals surface area contributed by atoms with Gasteiger partial charge in [0.15, 0.2) is 0 Å². The largest absolute Gasteiger partial charge is 0.326 e. The summed E-state index contributed by atoms with van der Waals surface area (Å²) in [6.45, 7) is 11.0. The van der Waals surface area contributed by atoms with Gasteiger partial charge in [0.2, 0.25) is 0 Å². The highest BCUT2D eigenvalue weighted by Gasteiger charge is 2.31. The first-order valence-electron chi connectivity index (χ1n) is 6.34. The van der Waals surface area contributed by atoms with Gasteiger partial charge in [-0.25, -0.2) is 0 Å². The van der Waals surface area contributed by atoms with E-state index in [1.165, 1.54) is 9.75 Å². The van der Waals surface area contributed by atoms with Crippen LogP contribution in [0.15, 0.2) is 12.1 Å². The maximum atomic E-state index is 6.20. The summed E-state index contributed by atoms with van der Waals surface area (Å²) in [6.07, 6.45) is 1.12. The fraction of sp³-hybridized carbons (Fsp3) is 0.714. The molecule has 0 fully saturated rings. The predicted octanol–water partition coefficient (Wildman–Crippen LogP) is 3.57. The molecular formula is C14H26N2S. The molecule has 2 atom stereocenters. The van der Waals surface area contributed by atoms with E-state index in [-0.39, 0.29) is 11.6 Å². The summed E-state index contributed by atoms with van der Waals surface area (Å²) >= 11 is 1.86. The molecule has 1 heterocycles. The lowest BCUT2D eigenvalue weighted by molar-refractivity contribution is 0.0866. The molecule has 0 aliphatic carbocycles. The van der Waals surface area contributed by atoms with Crippen LogP contribution < -0.4 is 5.73 Å². The van der Waals surface area contributed by atoms with E-state index in [9.17, 15) is 0 Å². The maximum absolute atomic E-state index is 6.20. The standard InChI is InChI=1S/C14H26N2S/c1-7-14(4,5)16(6)13(11(3)15)12-9-8-10(2)17-12/h8-9,11,13H,7,15H2,1-6H3. The van der Waals surface area contributed by atoms with Crippen molar-refractivity contribution in [2.24, 2.45) is 5.73 Å². The molecule has 0 saturated heterocycles. The van der Waals surface area contributed by atoms with Gasteiger partial charge in [0.1, 0.15) is 0 Å². The van der Waals surface area contributed by atoms with Crippen LogP contribution in [0.4, 0.5) is 0 Å². The molecule has 98 valence electrons. The van der Waals surface area contributed by atoms with Gasteiger partial charge in [-0.05, 0) is 53.3 Å². The number of hydrogen-bond acceptors (Lipinski definition) is 3. The average Bonchev–Trinajstić information content (AvgIpc) is 2.64. The summed E-state index contributed by atoms with van der Waals surface area (Å²) in [5.74, 6) is 0. The summed E-state index contributed by atoms with van der Waals surface area (Å²) in [7, 11) is 2.19. The molecule has 0 spiro atoms. The summed E-state index contributed by atoms with van der Waals surface area (Å²) in [4.78, 5) is 5.15. The van der Waals surface area contributed by atoms with Crippen molar-refractivity contribution < 1.29 is 0 Å². The van der Waals surface area contributed by atoms with Crippen molar-refractivity contribution in [3.63, 3.8) is 0 Å². The zero-order valence-corrected chi connectivity index (χ0v) is 12.8. The number of aryl methyl sites for hydroxylation is 1. The molecular weight excluding hydrogens is 228 g/mol. The molecule has 2 nitrogen and oxygen atoms in total. The average molecular weight is 254 g/mol. The van der Waals surface area contributed by atoms with Crippen LogP contribution in [0.2, 0.25) is 0 Å². The Morgan fingerprint density at radius 2 is 2.00 bits per heavy atom. The Morgan fingerprint density at radius 3 is 2.35 bits per heavy atom. The van der Waals surface area contributed by atoms with Crippen molar-refractivity contribution in [3.8, 4) is 0 Å². The van der Waals surface area contributed by atoms with Gasteiger partial charge in [-0.2, -0.15) is 0 Å². The van der Waals surface area contributed by atoms with E-state index >= 15 is 0 Å². The highest BCUT2D eigenvalue weighted by molar-refractivity contribution is 7.12. The summed E-state index contributed by atoms with van der Waals surface area (Å²) in [6, 6.07) is 4.85. The first-order chi connectivity index (χ1) is 7.79. The smallest absolute Gasteiger partial charge is 0.0592 e. The molecule has 0 amide bonds. The van der Waals surface area contributed by atoms with Crippen LogP contribution in [0.1, 0.15) is 49.9 Å². The lowest BCUT2D eigenvalue weighted by Gasteiger charge is -2.42. The van der Waals surface area contributed by atoms with Gasteiger partial charge >= 0.3 is 0 Å². The number of hydrogen-bond donors (Lipinski definition) is 1. The highest BCUT2D eigenvalue weighted by Crippen LogP contribution is 2.34. The Bertz CT molecular complexity index is 355. The monoisotopic (exact) mass is 254 g/mol. The first-order valence-corrected chi connectivity index (χ1v) is 7.16. The van der Waals surface area contributed by atoms with Crippen molar-refractivity contribution in [1.82, 2.24) is 4.90 Å². The molecule has 1 aromatic heterocycles. The molecule has 2 N–H and O–H groups in total. The zero-order chi connectivity index (χ0) is 13.2. The molecule has 3 heteroatoms.